The fourth-order valence-electron chi connectivity index (χ4n) is 1.55. The molecule has 94 valence electrons. The van der Waals surface area contributed by atoms with E-state index >= 15 is 0 Å². The van der Waals surface area contributed by atoms with Crippen molar-refractivity contribution in [2.24, 2.45) is 0 Å². The Balaban J connectivity index is 2.05. The topological polar surface area (TPSA) is 46.5 Å². The van der Waals surface area contributed by atoms with Crippen LogP contribution in [0, 0.1) is 0 Å². The highest BCUT2D eigenvalue weighted by atomic mass is 35.5. The number of hydrogen-bond donors (Lipinski definition) is 1. The van der Waals surface area contributed by atoms with Gasteiger partial charge in [-0.2, -0.15) is 0 Å². The van der Waals surface area contributed by atoms with E-state index in [1.807, 2.05) is 17.5 Å². The zero-order valence-corrected chi connectivity index (χ0v) is 11.0. The summed E-state index contributed by atoms with van der Waals surface area (Å²) in [4.78, 5) is 12.3. The molecule has 0 aliphatic carbocycles. The summed E-state index contributed by atoms with van der Waals surface area (Å²) in [5.41, 5.74) is 0.0188. The molecular formula is C13H11ClO3S. The van der Waals surface area contributed by atoms with Crippen LogP contribution in [0.2, 0.25) is 5.02 Å². The number of carboxylic acids is 1. The quantitative estimate of drug-likeness (QED) is 0.909. The molecule has 5 heteroatoms. The summed E-state index contributed by atoms with van der Waals surface area (Å²) in [5.74, 6) is -0.765. The van der Waals surface area contributed by atoms with Crippen molar-refractivity contribution < 1.29 is 14.6 Å². The molecule has 0 fully saturated rings. The lowest BCUT2D eigenvalue weighted by Gasteiger charge is -2.09. The first-order valence-electron chi connectivity index (χ1n) is 5.35. The van der Waals surface area contributed by atoms with E-state index in [9.17, 15) is 4.79 Å². The third-order valence-electron chi connectivity index (χ3n) is 2.38. The van der Waals surface area contributed by atoms with Crippen LogP contribution in [0.4, 0.5) is 0 Å². The third-order valence-corrected chi connectivity index (χ3v) is 3.63. The fraction of sp³-hybridized carbons (Fsp3) is 0.154. The predicted octanol–water partition coefficient (Wildman–Crippen LogP) is 3.72. The Morgan fingerprint density at radius 3 is 2.83 bits per heavy atom. The van der Waals surface area contributed by atoms with Crippen molar-refractivity contribution in [2.75, 3.05) is 6.61 Å². The van der Waals surface area contributed by atoms with E-state index in [0.717, 1.165) is 6.42 Å². The van der Waals surface area contributed by atoms with Gasteiger partial charge in [-0.05, 0) is 23.6 Å². The van der Waals surface area contributed by atoms with Crippen LogP contribution in [-0.4, -0.2) is 17.7 Å². The Kier molecular flexibility index (Phi) is 4.23. The maximum atomic E-state index is 11.1. The van der Waals surface area contributed by atoms with Crippen LogP contribution in [0.1, 0.15) is 15.2 Å². The van der Waals surface area contributed by atoms with Crippen molar-refractivity contribution in [2.45, 2.75) is 6.42 Å². The van der Waals surface area contributed by atoms with Crippen molar-refractivity contribution in [1.82, 2.24) is 0 Å². The molecule has 0 aliphatic rings. The number of carbonyl (C=O) groups is 1. The summed E-state index contributed by atoms with van der Waals surface area (Å²) in [6.07, 6.45) is 0.753. The van der Waals surface area contributed by atoms with Gasteiger partial charge in [0.1, 0.15) is 11.3 Å². The minimum absolute atomic E-state index is 0.0188. The highest BCUT2D eigenvalue weighted by Gasteiger charge is 2.15. The van der Waals surface area contributed by atoms with E-state index in [1.165, 1.54) is 10.9 Å². The summed E-state index contributed by atoms with van der Waals surface area (Å²) >= 11 is 7.49. The standard InChI is InChI=1S/C13H11ClO3S/c14-10-4-1-5-11(12(10)13(15)16)17-7-6-9-3-2-8-18-9/h1-5,8H,6-7H2,(H,15,16). The number of ether oxygens (including phenoxy) is 1. The number of halogens is 1. The van der Waals surface area contributed by atoms with Gasteiger partial charge in [-0.25, -0.2) is 4.79 Å². The van der Waals surface area contributed by atoms with Crippen molar-refractivity contribution in [3.8, 4) is 5.75 Å². The van der Waals surface area contributed by atoms with Crippen LogP contribution in [0.25, 0.3) is 0 Å². The molecule has 0 bridgehead atoms. The minimum Gasteiger partial charge on any atom is -0.492 e. The highest BCUT2D eigenvalue weighted by Crippen LogP contribution is 2.26. The fourth-order valence-corrected chi connectivity index (χ4v) is 2.49. The van der Waals surface area contributed by atoms with Gasteiger partial charge in [0.25, 0.3) is 0 Å². The Hall–Kier alpha value is -1.52. The molecule has 1 heterocycles. The van der Waals surface area contributed by atoms with E-state index < -0.39 is 5.97 Å². The summed E-state index contributed by atoms with van der Waals surface area (Å²) in [7, 11) is 0. The van der Waals surface area contributed by atoms with Crippen LogP contribution in [0.5, 0.6) is 5.75 Å². The second-order valence-electron chi connectivity index (χ2n) is 3.60. The molecule has 0 saturated heterocycles. The van der Waals surface area contributed by atoms with E-state index in [0.29, 0.717) is 12.4 Å². The van der Waals surface area contributed by atoms with Crippen LogP contribution < -0.4 is 4.74 Å². The number of benzene rings is 1. The first-order chi connectivity index (χ1) is 8.68. The van der Waals surface area contributed by atoms with Gasteiger partial charge < -0.3 is 9.84 Å². The second-order valence-corrected chi connectivity index (χ2v) is 5.04. The van der Waals surface area contributed by atoms with Gasteiger partial charge in [-0.15, -0.1) is 11.3 Å². The van der Waals surface area contributed by atoms with Gasteiger partial charge >= 0.3 is 5.97 Å². The van der Waals surface area contributed by atoms with Crippen LogP contribution in [0.3, 0.4) is 0 Å². The lowest BCUT2D eigenvalue weighted by Crippen LogP contribution is -2.06. The van der Waals surface area contributed by atoms with Crippen molar-refractivity contribution in [3.63, 3.8) is 0 Å². The maximum absolute atomic E-state index is 11.1. The monoisotopic (exact) mass is 282 g/mol. The summed E-state index contributed by atoms with van der Waals surface area (Å²) in [6, 6.07) is 8.82. The third kappa shape index (κ3) is 3.03. The molecule has 0 atom stereocenters. The Morgan fingerprint density at radius 1 is 1.33 bits per heavy atom. The zero-order chi connectivity index (χ0) is 13.0. The molecule has 0 amide bonds. The van der Waals surface area contributed by atoms with Crippen LogP contribution >= 0.6 is 22.9 Å². The normalized spacial score (nSPS) is 10.3. The molecule has 0 spiro atoms. The molecule has 1 aromatic carbocycles. The van der Waals surface area contributed by atoms with Gasteiger partial charge in [0.2, 0.25) is 0 Å². The predicted molar refractivity (Wildman–Crippen MR) is 71.9 cm³/mol. The van der Waals surface area contributed by atoms with E-state index in [2.05, 4.69) is 0 Å². The van der Waals surface area contributed by atoms with Gasteiger partial charge in [0, 0.05) is 11.3 Å². The van der Waals surface area contributed by atoms with Gasteiger partial charge in [0.05, 0.1) is 11.6 Å². The lowest BCUT2D eigenvalue weighted by molar-refractivity contribution is 0.0692. The second kappa shape index (κ2) is 5.89. The first-order valence-corrected chi connectivity index (χ1v) is 6.61. The summed E-state index contributed by atoms with van der Waals surface area (Å²) < 4.78 is 5.49. The smallest absolute Gasteiger partial charge is 0.341 e. The molecule has 1 N–H and O–H groups in total. The molecule has 2 aromatic rings. The van der Waals surface area contributed by atoms with Crippen molar-refractivity contribution >= 4 is 28.9 Å². The Labute approximate surface area is 114 Å². The number of carboxylic acid groups (broad SMARTS) is 1. The number of thiophene rings is 1. The average molecular weight is 283 g/mol. The number of rotatable bonds is 5. The van der Waals surface area contributed by atoms with Gasteiger partial charge in [0.15, 0.2) is 0 Å². The molecule has 18 heavy (non-hydrogen) atoms. The largest absolute Gasteiger partial charge is 0.492 e. The minimum atomic E-state index is -1.08. The van der Waals surface area contributed by atoms with Crippen LogP contribution in [0.15, 0.2) is 35.7 Å². The molecule has 0 radical (unpaired) electrons. The lowest BCUT2D eigenvalue weighted by atomic mass is 10.2. The van der Waals surface area contributed by atoms with E-state index in [-0.39, 0.29) is 10.6 Å². The van der Waals surface area contributed by atoms with Gasteiger partial charge in [-0.1, -0.05) is 23.7 Å². The first kappa shape index (κ1) is 12.9. The van der Waals surface area contributed by atoms with Crippen LogP contribution in [-0.2, 0) is 6.42 Å². The average Bonchev–Trinajstić information content (AvgIpc) is 2.81. The molecule has 1 aromatic heterocycles. The van der Waals surface area contributed by atoms with E-state index in [4.69, 9.17) is 21.4 Å². The number of hydrogen-bond acceptors (Lipinski definition) is 3. The SMILES string of the molecule is O=C(O)c1c(Cl)cccc1OCCc1cccs1. The zero-order valence-electron chi connectivity index (χ0n) is 9.43. The Morgan fingerprint density at radius 2 is 2.17 bits per heavy atom. The van der Waals surface area contributed by atoms with Crippen molar-refractivity contribution in [1.29, 1.82) is 0 Å². The molecular weight excluding hydrogens is 272 g/mol. The molecule has 3 nitrogen and oxygen atoms in total. The molecule has 0 unspecified atom stereocenters. The maximum Gasteiger partial charge on any atom is 0.341 e. The molecule has 0 aliphatic heterocycles. The van der Waals surface area contributed by atoms with Crippen molar-refractivity contribution in [3.05, 3.63) is 51.2 Å². The highest BCUT2D eigenvalue weighted by molar-refractivity contribution is 7.09. The van der Waals surface area contributed by atoms with Gasteiger partial charge in [-0.3, -0.25) is 0 Å². The summed E-state index contributed by atoms with van der Waals surface area (Å²) in [6.45, 7) is 0.432. The Bertz CT molecular complexity index is 537. The van der Waals surface area contributed by atoms with E-state index in [1.54, 1.807) is 23.5 Å². The molecule has 2 rings (SSSR count). The summed E-state index contributed by atoms with van der Waals surface area (Å²) in [5, 5.41) is 11.3. The number of aromatic carboxylic acids is 1. The molecule has 0 saturated carbocycles.